The van der Waals surface area contributed by atoms with Gasteiger partial charge >= 0.3 is 6.23 Å². The third kappa shape index (κ3) is 1.35. The van der Waals surface area contributed by atoms with Crippen molar-refractivity contribution in [1.82, 2.24) is 0 Å². The molecule has 1 aliphatic heterocycles. The van der Waals surface area contributed by atoms with E-state index in [9.17, 15) is 10.1 Å². The maximum absolute atomic E-state index is 10.4. The van der Waals surface area contributed by atoms with Gasteiger partial charge in [0.15, 0.2) is 5.75 Å². The Morgan fingerprint density at radius 2 is 2.23 bits per heavy atom. The molecule has 5 nitrogen and oxygen atoms in total. The molecule has 13 heavy (non-hydrogen) atoms. The monoisotopic (exact) mass is 178 g/mol. The van der Waals surface area contributed by atoms with Gasteiger partial charge in [-0.05, 0) is 12.1 Å². The van der Waals surface area contributed by atoms with Gasteiger partial charge in [-0.3, -0.25) is 10.1 Å². The van der Waals surface area contributed by atoms with Crippen LogP contribution in [0.3, 0.4) is 0 Å². The van der Waals surface area contributed by atoms with Crippen LogP contribution in [0.5, 0.6) is 5.75 Å². The molecule has 0 fully saturated rings. The van der Waals surface area contributed by atoms with E-state index in [0.717, 1.165) is 0 Å². The first-order valence-electron chi connectivity index (χ1n) is 3.71. The van der Waals surface area contributed by atoms with Crippen LogP contribution in [0.1, 0.15) is 0 Å². The quantitative estimate of drug-likeness (QED) is 0.482. The Morgan fingerprint density at radius 3 is 3.00 bits per heavy atom. The second kappa shape index (κ2) is 2.85. The summed E-state index contributed by atoms with van der Waals surface area (Å²) >= 11 is 0. The Hall–Kier alpha value is -1.91. The average Bonchev–Trinajstić information content (AvgIpc) is 2.17. The SMILES string of the molecule is O=[N+]([O-])C1C=Nc2ccccc2O1. The number of fused-ring (bicyclic) bond motifs is 1. The van der Waals surface area contributed by atoms with E-state index in [0.29, 0.717) is 11.4 Å². The van der Waals surface area contributed by atoms with E-state index < -0.39 is 11.2 Å². The van der Waals surface area contributed by atoms with Gasteiger partial charge in [-0.25, -0.2) is 4.99 Å². The topological polar surface area (TPSA) is 64.7 Å². The fourth-order valence-electron chi connectivity index (χ4n) is 1.07. The zero-order chi connectivity index (χ0) is 9.26. The van der Waals surface area contributed by atoms with Crippen molar-refractivity contribution in [3.05, 3.63) is 34.4 Å². The van der Waals surface area contributed by atoms with Gasteiger partial charge in [0.2, 0.25) is 0 Å². The first kappa shape index (κ1) is 7.72. The molecule has 0 N–H and O–H groups in total. The number of aliphatic imine (C=N–C) groups is 1. The minimum absolute atomic E-state index is 0.451. The first-order chi connectivity index (χ1) is 6.27. The highest BCUT2D eigenvalue weighted by atomic mass is 16.7. The van der Waals surface area contributed by atoms with Gasteiger partial charge in [-0.2, -0.15) is 0 Å². The number of hydrogen-bond donors (Lipinski definition) is 0. The Bertz CT molecular complexity index is 375. The lowest BCUT2D eigenvalue weighted by molar-refractivity contribution is -0.539. The molecule has 66 valence electrons. The summed E-state index contributed by atoms with van der Waals surface area (Å²) in [6.07, 6.45) is 0.0254. The zero-order valence-corrected chi connectivity index (χ0v) is 6.58. The average molecular weight is 178 g/mol. The molecule has 0 aromatic heterocycles. The molecule has 5 heteroatoms. The van der Waals surface area contributed by atoms with Crippen molar-refractivity contribution in [2.45, 2.75) is 6.23 Å². The van der Waals surface area contributed by atoms with Crippen molar-refractivity contribution < 1.29 is 9.66 Å². The third-order valence-electron chi connectivity index (χ3n) is 1.66. The molecule has 0 aliphatic carbocycles. The van der Waals surface area contributed by atoms with Crippen LogP contribution in [0, 0.1) is 10.1 Å². The summed E-state index contributed by atoms with van der Waals surface area (Å²) in [4.78, 5) is 13.7. The van der Waals surface area contributed by atoms with Crippen LogP contribution < -0.4 is 4.74 Å². The molecule has 0 saturated carbocycles. The summed E-state index contributed by atoms with van der Waals surface area (Å²) in [6, 6.07) is 6.94. The number of benzene rings is 1. The van der Waals surface area contributed by atoms with Gasteiger partial charge in [-0.1, -0.05) is 12.1 Å². The van der Waals surface area contributed by atoms with Crippen molar-refractivity contribution in [3.8, 4) is 5.75 Å². The van der Waals surface area contributed by atoms with E-state index in [-0.39, 0.29) is 0 Å². The lowest BCUT2D eigenvalue weighted by Crippen LogP contribution is -2.29. The van der Waals surface area contributed by atoms with Gasteiger partial charge in [-0.15, -0.1) is 0 Å². The minimum atomic E-state index is -1.16. The van der Waals surface area contributed by atoms with E-state index in [1.807, 2.05) is 0 Å². The lowest BCUT2D eigenvalue weighted by atomic mass is 10.3. The fraction of sp³-hybridized carbons (Fsp3) is 0.125. The third-order valence-corrected chi connectivity index (χ3v) is 1.66. The Balaban J connectivity index is 2.34. The number of rotatable bonds is 1. The largest absolute Gasteiger partial charge is 0.423 e. The summed E-state index contributed by atoms with van der Waals surface area (Å²) in [6.45, 7) is 0. The molecule has 2 rings (SSSR count). The first-order valence-corrected chi connectivity index (χ1v) is 3.71. The van der Waals surface area contributed by atoms with E-state index in [1.54, 1.807) is 24.3 Å². The molecule has 0 bridgehead atoms. The highest BCUT2D eigenvalue weighted by Gasteiger charge is 2.23. The number of nitro groups is 1. The predicted molar refractivity (Wildman–Crippen MR) is 46.0 cm³/mol. The van der Waals surface area contributed by atoms with Gasteiger partial charge in [0.1, 0.15) is 11.9 Å². The molecule has 1 aromatic carbocycles. The minimum Gasteiger partial charge on any atom is -0.423 e. The van der Waals surface area contributed by atoms with E-state index >= 15 is 0 Å². The molecule has 0 amide bonds. The molecule has 1 atom stereocenters. The zero-order valence-electron chi connectivity index (χ0n) is 6.58. The second-order valence-electron chi connectivity index (χ2n) is 2.54. The van der Waals surface area contributed by atoms with Crippen LogP contribution in [0.25, 0.3) is 0 Å². The lowest BCUT2D eigenvalue weighted by Gasteiger charge is -2.13. The summed E-state index contributed by atoms with van der Waals surface area (Å²) in [5.74, 6) is 0.451. The summed E-state index contributed by atoms with van der Waals surface area (Å²) in [5, 5.41) is 10.4. The molecule has 1 aliphatic rings. The van der Waals surface area contributed by atoms with E-state index in [2.05, 4.69) is 4.99 Å². The van der Waals surface area contributed by atoms with Crippen LogP contribution in [0.4, 0.5) is 5.69 Å². The van der Waals surface area contributed by atoms with Crippen LogP contribution in [0.2, 0.25) is 0 Å². The molecule has 1 aromatic rings. The van der Waals surface area contributed by atoms with Crippen molar-refractivity contribution in [1.29, 1.82) is 0 Å². The van der Waals surface area contributed by atoms with Gasteiger partial charge in [0.05, 0.1) is 4.92 Å². The Morgan fingerprint density at radius 1 is 1.46 bits per heavy atom. The molecule has 1 unspecified atom stereocenters. The van der Waals surface area contributed by atoms with Gasteiger partial charge in [0, 0.05) is 0 Å². The van der Waals surface area contributed by atoms with Gasteiger partial charge in [0.25, 0.3) is 0 Å². The van der Waals surface area contributed by atoms with Crippen LogP contribution in [0.15, 0.2) is 29.3 Å². The second-order valence-corrected chi connectivity index (χ2v) is 2.54. The Labute approximate surface area is 73.8 Å². The Kier molecular flexibility index (Phi) is 1.70. The standard InChI is InChI=1S/C8H6N2O3/c11-10(12)8-5-9-6-3-1-2-4-7(6)13-8/h1-5,8H. The fourth-order valence-corrected chi connectivity index (χ4v) is 1.07. The summed E-state index contributed by atoms with van der Waals surface area (Å²) in [5.41, 5.74) is 0.626. The molecule has 1 heterocycles. The van der Waals surface area contributed by atoms with E-state index in [4.69, 9.17) is 4.74 Å². The van der Waals surface area contributed by atoms with Crippen LogP contribution in [-0.4, -0.2) is 17.4 Å². The number of nitrogens with zero attached hydrogens (tertiary/aromatic N) is 2. The van der Waals surface area contributed by atoms with Crippen molar-refractivity contribution >= 4 is 11.9 Å². The van der Waals surface area contributed by atoms with Crippen molar-refractivity contribution in [2.75, 3.05) is 0 Å². The van der Waals surface area contributed by atoms with Crippen LogP contribution in [-0.2, 0) is 0 Å². The normalized spacial score (nSPS) is 18.9. The number of hydrogen-bond acceptors (Lipinski definition) is 4. The van der Waals surface area contributed by atoms with Crippen molar-refractivity contribution in [3.63, 3.8) is 0 Å². The van der Waals surface area contributed by atoms with Crippen LogP contribution >= 0.6 is 0 Å². The predicted octanol–water partition coefficient (Wildman–Crippen LogP) is 1.38. The maximum atomic E-state index is 10.4. The maximum Gasteiger partial charge on any atom is 0.391 e. The molecule has 0 saturated heterocycles. The van der Waals surface area contributed by atoms with Gasteiger partial charge < -0.3 is 4.74 Å². The highest BCUT2D eigenvalue weighted by Crippen LogP contribution is 2.29. The molecular formula is C8H6N2O3. The molecule has 0 spiro atoms. The highest BCUT2D eigenvalue weighted by molar-refractivity contribution is 5.72. The number of para-hydroxylation sites is 2. The van der Waals surface area contributed by atoms with Crippen molar-refractivity contribution in [2.24, 2.45) is 4.99 Å². The molecular weight excluding hydrogens is 172 g/mol. The number of ether oxygens (including phenoxy) is 1. The van der Waals surface area contributed by atoms with E-state index in [1.165, 1.54) is 6.21 Å². The molecule has 0 radical (unpaired) electrons. The summed E-state index contributed by atoms with van der Waals surface area (Å²) in [7, 11) is 0. The smallest absolute Gasteiger partial charge is 0.391 e. The summed E-state index contributed by atoms with van der Waals surface area (Å²) < 4.78 is 5.04.